The zero-order chi connectivity index (χ0) is 9.68. The highest BCUT2D eigenvalue weighted by atomic mass is 16.2. The van der Waals surface area contributed by atoms with Crippen LogP contribution in [0, 0.1) is 5.92 Å². The summed E-state index contributed by atoms with van der Waals surface area (Å²) in [4.78, 5) is 10.3. The molecule has 0 aromatic heterocycles. The summed E-state index contributed by atoms with van der Waals surface area (Å²) >= 11 is 0. The first-order valence-electron chi connectivity index (χ1n) is 4.97. The van der Waals surface area contributed by atoms with Crippen LogP contribution in [0.4, 0.5) is 4.79 Å². The average molecular weight is 185 g/mol. The molecule has 2 atom stereocenters. The van der Waals surface area contributed by atoms with E-state index in [0.29, 0.717) is 12.6 Å². The normalized spacial score (nSPS) is 27.5. The smallest absolute Gasteiger partial charge is 0.312 e. The van der Waals surface area contributed by atoms with E-state index in [0.717, 1.165) is 12.5 Å². The minimum absolute atomic E-state index is 0.443. The molecule has 4 nitrogen and oxygen atoms in total. The molecule has 1 saturated carbocycles. The molecule has 1 aliphatic rings. The van der Waals surface area contributed by atoms with Crippen molar-refractivity contribution in [1.82, 2.24) is 10.6 Å². The highest BCUT2D eigenvalue weighted by molar-refractivity contribution is 5.71. The molecule has 1 fully saturated rings. The van der Waals surface area contributed by atoms with Crippen molar-refractivity contribution < 1.29 is 4.79 Å². The van der Waals surface area contributed by atoms with Gasteiger partial charge in [0, 0.05) is 19.1 Å². The molecule has 2 unspecified atom stereocenters. The van der Waals surface area contributed by atoms with Crippen LogP contribution in [0.3, 0.4) is 0 Å². The van der Waals surface area contributed by atoms with Gasteiger partial charge in [0.2, 0.25) is 0 Å². The molecule has 0 saturated heterocycles. The Kier molecular flexibility index (Phi) is 4.02. The van der Waals surface area contributed by atoms with Gasteiger partial charge in [-0.3, -0.25) is 0 Å². The van der Waals surface area contributed by atoms with Crippen LogP contribution in [0.1, 0.15) is 26.2 Å². The summed E-state index contributed by atoms with van der Waals surface area (Å²) in [6.07, 6.45) is 3.90. The van der Waals surface area contributed by atoms with Crippen molar-refractivity contribution in [3.05, 3.63) is 0 Å². The van der Waals surface area contributed by atoms with Crippen molar-refractivity contribution in [1.29, 1.82) is 0 Å². The van der Waals surface area contributed by atoms with Gasteiger partial charge in [-0.25, -0.2) is 4.79 Å². The summed E-state index contributed by atoms with van der Waals surface area (Å²) in [6, 6.07) is 0.191. The molecule has 0 spiro atoms. The number of rotatable bonds is 4. The maximum atomic E-state index is 10.3. The minimum atomic E-state index is -0.443. The Balaban J connectivity index is 2.02. The second kappa shape index (κ2) is 5.07. The largest absolute Gasteiger partial charge is 0.352 e. The lowest BCUT2D eigenvalue weighted by molar-refractivity contribution is 0.248. The molecule has 1 aliphatic carbocycles. The van der Waals surface area contributed by atoms with Gasteiger partial charge in [-0.1, -0.05) is 13.3 Å². The highest BCUT2D eigenvalue weighted by Crippen LogP contribution is 2.24. The van der Waals surface area contributed by atoms with E-state index in [9.17, 15) is 4.79 Å². The molecule has 0 radical (unpaired) electrons. The third-order valence-electron chi connectivity index (χ3n) is 2.69. The van der Waals surface area contributed by atoms with Gasteiger partial charge in [-0.2, -0.15) is 0 Å². The Hall–Kier alpha value is -0.770. The van der Waals surface area contributed by atoms with Crippen LogP contribution in [-0.2, 0) is 0 Å². The molecule has 0 aromatic rings. The van der Waals surface area contributed by atoms with Gasteiger partial charge in [0.15, 0.2) is 0 Å². The van der Waals surface area contributed by atoms with E-state index >= 15 is 0 Å². The van der Waals surface area contributed by atoms with Crippen LogP contribution in [0.25, 0.3) is 0 Å². The van der Waals surface area contributed by atoms with E-state index in [1.54, 1.807) is 0 Å². The van der Waals surface area contributed by atoms with E-state index in [-0.39, 0.29) is 0 Å². The summed E-state index contributed by atoms with van der Waals surface area (Å²) in [5.74, 6) is 0.772. The quantitative estimate of drug-likeness (QED) is 0.556. The third-order valence-corrected chi connectivity index (χ3v) is 2.69. The number of urea groups is 1. The number of amides is 2. The molecule has 0 aromatic carbocycles. The molecular weight excluding hydrogens is 166 g/mol. The maximum absolute atomic E-state index is 10.3. The molecule has 0 heterocycles. The lowest BCUT2D eigenvalue weighted by Crippen LogP contribution is -2.39. The molecule has 0 bridgehead atoms. The van der Waals surface area contributed by atoms with Crippen molar-refractivity contribution in [3.63, 3.8) is 0 Å². The van der Waals surface area contributed by atoms with Crippen molar-refractivity contribution in [2.75, 3.05) is 13.1 Å². The standard InChI is InChI=1S/C9H19N3O/c1-7-3-2-4-8(7)11-5-6-12-9(10)13/h7-8,11H,2-6H2,1H3,(H3,10,12,13). The fourth-order valence-corrected chi connectivity index (χ4v) is 1.89. The fraction of sp³-hybridized carbons (Fsp3) is 0.889. The summed E-state index contributed by atoms with van der Waals surface area (Å²) < 4.78 is 0. The number of primary amides is 1. The van der Waals surface area contributed by atoms with Crippen LogP contribution in [0.15, 0.2) is 0 Å². The van der Waals surface area contributed by atoms with Gasteiger partial charge < -0.3 is 16.4 Å². The van der Waals surface area contributed by atoms with Crippen molar-refractivity contribution >= 4 is 6.03 Å². The predicted molar refractivity (Wildman–Crippen MR) is 52.4 cm³/mol. The fourth-order valence-electron chi connectivity index (χ4n) is 1.89. The van der Waals surface area contributed by atoms with Crippen LogP contribution in [-0.4, -0.2) is 25.2 Å². The van der Waals surface area contributed by atoms with Crippen LogP contribution in [0.5, 0.6) is 0 Å². The second-order valence-corrected chi connectivity index (χ2v) is 3.76. The molecule has 1 rings (SSSR count). The molecule has 13 heavy (non-hydrogen) atoms. The number of nitrogens with two attached hydrogens (primary N) is 1. The summed E-state index contributed by atoms with van der Waals surface area (Å²) in [5.41, 5.74) is 4.94. The molecule has 4 N–H and O–H groups in total. The van der Waals surface area contributed by atoms with Crippen LogP contribution in [0.2, 0.25) is 0 Å². The number of hydrogen-bond donors (Lipinski definition) is 3. The Morgan fingerprint density at radius 1 is 1.46 bits per heavy atom. The van der Waals surface area contributed by atoms with Gasteiger partial charge in [0.1, 0.15) is 0 Å². The van der Waals surface area contributed by atoms with Crippen LogP contribution >= 0.6 is 0 Å². The predicted octanol–water partition coefficient (Wildman–Crippen LogP) is 0.433. The topological polar surface area (TPSA) is 67.2 Å². The van der Waals surface area contributed by atoms with E-state index in [2.05, 4.69) is 17.6 Å². The Bertz CT molecular complexity index is 172. The zero-order valence-corrected chi connectivity index (χ0v) is 8.18. The number of carbonyl (C=O) groups excluding carboxylic acids is 1. The Morgan fingerprint density at radius 2 is 2.23 bits per heavy atom. The Labute approximate surface area is 79.3 Å². The van der Waals surface area contributed by atoms with Crippen molar-refractivity contribution in [2.45, 2.75) is 32.2 Å². The van der Waals surface area contributed by atoms with Gasteiger partial charge in [0.25, 0.3) is 0 Å². The summed E-state index contributed by atoms with van der Waals surface area (Å²) in [5, 5.41) is 5.98. The molecular formula is C9H19N3O. The summed E-state index contributed by atoms with van der Waals surface area (Å²) in [6.45, 7) is 3.71. The Morgan fingerprint density at radius 3 is 2.77 bits per heavy atom. The first-order valence-corrected chi connectivity index (χ1v) is 4.97. The monoisotopic (exact) mass is 185 g/mol. The van der Waals surface area contributed by atoms with Gasteiger partial charge in [-0.15, -0.1) is 0 Å². The lowest BCUT2D eigenvalue weighted by Gasteiger charge is -2.16. The number of carbonyl (C=O) groups is 1. The molecule has 76 valence electrons. The van der Waals surface area contributed by atoms with E-state index in [1.165, 1.54) is 19.3 Å². The number of nitrogens with one attached hydrogen (secondary N) is 2. The van der Waals surface area contributed by atoms with Crippen molar-refractivity contribution in [2.24, 2.45) is 11.7 Å². The van der Waals surface area contributed by atoms with E-state index in [1.807, 2.05) is 0 Å². The first kappa shape index (κ1) is 10.3. The van der Waals surface area contributed by atoms with E-state index < -0.39 is 6.03 Å². The van der Waals surface area contributed by atoms with Gasteiger partial charge >= 0.3 is 6.03 Å². The highest BCUT2D eigenvalue weighted by Gasteiger charge is 2.21. The lowest BCUT2D eigenvalue weighted by atomic mass is 10.1. The average Bonchev–Trinajstić information content (AvgIpc) is 2.45. The van der Waals surface area contributed by atoms with Crippen LogP contribution < -0.4 is 16.4 Å². The van der Waals surface area contributed by atoms with E-state index in [4.69, 9.17) is 5.73 Å². The first-order chi connectivity index (χ1) is 6.20. The molecule has 4 heteroatoms. The van der Waals surface area contributed by atoms with Gasteiger partial charge in [0.05, 0.1) is 0 Å². The second-order valence-electron chi connectivity index (χ2n) is 3.76. The SMILES string of the molecule is CC1CCCC1NCCNC(N)=O. The van der Waals surface area contributed by atoms with Crippen molar-refractivity contribution in [3.8, 4) is 0 Å². The number of hydrogen-bond acceptors (Lipinski definition) is 2. The zero-order valence-electron chi connectivity index (χ0n) is 8.18. The third kappa shape index (κ3) is 3.63. The minimum Gasteiger partial charge on any atom is -0.352 e. The maximum Gasteiger partial charge on any atom is 0.312 e. The van der Waals surface area contributed by atoms with Gasteiger partial charge in [-0.05, 0) is 18.8 Å². The summed E-state index contributed by atoms with van der Waals surface area (Å²) in [7, 11) is 0. The molecule has 2 amide bonds. The molecule has 0 aliphatic heterocycles.